The van der Waals surface area contributed by atoms with E-state index in [4.69, 9.17) is 11.6 Å². The largest absolute Gasteiger partial charge is 0.340 e. The highest BCUT2D eigenvalue weighted by Crippen LogP contribution is 2.23. The fourth-order valence-corrected chi connectivity index (χ4v) is 4.11. The predicted molar refractivity (Wildman–Crippen MR) is 133 cm³/mol. The van der Waals surface area contributed by atoms with E-state index in [0.717, 1.165) is 31.7 Å². The van der Waals surface area contributed by atoms with Gasteiger partial charge >= 0.3 is 0 Å². The number of carbonyl (C=O) groups excluding carboxylic acids is 2. The average Bonchev–Trinajstić information content (AvgIpc) is 2.84. The van der Waals surface area contributed by atoms with Gasteiger partial charge in [0.15, 0.2) is 0 Å². The van der Waals surface area contributed by atoms with E-state index in [2.05, 4.69) is 11.9 Å². The summed E-state index contributed by atoms with van der Waals surface area (Å²) in [5, 5.41) is 0.544. The lowest BCUT2D eigenvalue weighted by atomic mass is 10.1. The number of hydrogen-bond donors (Lipinski definition) is 0. The van der Waals surface area contributed by atoms with E-state index in [9.17, 15) is 14.0 Å². The van der Waals surface area contributed by atoms with Crippen LogP contribution < -0.4 is 4.90 Å². The Labute approximate surface area is 204 Å². The molecule has 0 unspecified atom stereocenters. The van der Waals surface area contributed by atoms with Gasteiger partial charge in [-0.1, -0.05) is 35.9 Å². The van der Waals surface area contributed by atoms with Gasteiger partial charge in [0, 0.05) is 42.5 Å². The number of carbonyl (C=O) groups is 2. The minimum Gasteiger partial charge on any atom is -0.340 e. The number of nitrogens with zero attached hydrogens (tertiary/aromatic N) is 3. The molecule has 0 atom stereocenters. The topological polar surface area (TPSA) is 43.9 Å². The first kappa shape index (κ1) is 23.9. The summed E-state index contributed by atoms with van der Waals surface area (Å²) < 4.78 is 13.8. The van der Waals surface area contributed by atoms with Crippen LogP contribution in [-0.4, -0.2) is 54.8 Å². The number of halogens is 2. The van der Waals surface area contributed by atoms with E-state index >= 15 is 0 Å². The van der Waals surface area contributed by atoms with Gasteiger partial charge < -0.3 is 14.7 Å². The zero-order chi connectivity index (χ0) is 24.1. The Morgan fingerprint density at radius 2 is 1.59 bits per heavy atom. The van der Waals surface area contributed by atoms with Crippen LogP contribution in [0.5, 0.6) is 0 Å². The molecule has 1 fully saturated rings. The molecule has 3 aromatic rings. The van der Waals surface area contributed by atoms with Gasteiger partial charge in [-0.3, -0.25) is 9.59 Å². The Morgan fingerprint density at radius 1 is 0.912 bits per heavy atom. The van der Waals surface area contributed by atoms with Crippen LogP contribution in [0.2, 0.25) is 5.02 Å². The highest BCUT2D eigenvalue weighted by Gasteiger charge is 2.21. The third kappa shape index (κ3) is 6.01. The van der Waals surface area contributed by atoms with Gasteiger partial charge in [-0.25, -0.2) is 4.39 Å². The number of anilines is 1. The molecule has 3 aromatic carbocycles. The molecule has 0 aliphatic carbocycles. The van der Waals surface area contributed by atoms with Gasteiger partial charge in [-0.2, -0.15) is 0 Å². The summed E-state index contributed by atoms with van der Waals surface area (Å²) >= 11 is 5.98. The summed E-state index contributed by atoms with van der Waals surface area (Å²) in [5.74, 6) is -0.467. The lowest BCUT2D eigenvalue weighted by Crippen LogP contribution is -2.47. The van der Waals surface area contributed by atoms with Gasteiger partial charge in [0.25, 0.3) is 5.91 Å². The lowest BCUT2D eigenvalue weighted by Gasteiger charge is -2.32. The van der Waals surface area contributed by atoms with Crippen molar-refractivity contribution >= 4 is 29.1 Å². The molecule has 0 spiro atoms. The number of rotatable bonds is 6. The van der Waals surface area contributed by atoms with Crippen LogP contribution >= 0.6 is 11.6 Å². The Hall–Kier alpha value is -3.22. The van der Waals surface area contributed by atoms with Crippen molar-refractivity contribution in [3.05, 3.63) is 100 Å². The summed E-state index contributed by atoms with van der Waals surface area (Å²) in [6, 6.07) is 20.3. The lowest BCUT2D eigenvalue weighted by molar-refractivity contribution is -0.132. The highest BCUT2D eigenvalue weighted by molar-refractivity contribution is 6.30. The van der Waals surface area contributed by atoms with Crippen molar-refractivity contribution < 1.29 is 14.0 Å². The number of piperazine rings is 1. The van der Waals surface area contributed by atoms with Crippen LogP contribution in [0.3, 0.4) is 0 Å². The summed E-state index contributed by atoms with van der Waals surface area (Å²) in [7, 11) is 2.06. The third-order valence-electron chi connectivity index (χ3n) is 6.03. The molecule has 0 radical (unpaired) electrons. The molecule has 1 saturated heterocycles. The van der Waals surface area contributed by atoms with Crippen LogP contribution in [0.25, 0.3) is 0 Å². The second-order valence-electron chi connectivity index (χ2n) is 8.56. The number of hydrogen-bond acceptors (Lipinski definition) is 3. The van der Waals surface area contributed by atoms with Crippen LogP contribution in [-0.2, 0) is 17.8 Å². The minimum atomic E-state index is -0.353. The SMILES string of the molecule is CN1CCN(C(=O)Cc2ccc(N(Cc3cccc(F)c3)C(=O)c3ccc(Cl)cc3)cc2)CC1. The number of benzene rings is 3. The Kier molecular flexibility index (Phi) is 7.60. The summed E-state index contributed by atoms with van der Waals surface area (Å²) in [6.07, 6.45) is 0.318. The third-order valence-corrected chi connectivity index (χ3v) is 6.28. The molecule has 1 aliphatic heterocycles. The van der Waals surface area contributed by atoms with Crippen molar-refractivity contribution in [2.24, 2.45) is 0 Å². The van der Waals surface area contributed by atoms with Crippen molar-refractivity contribution in [1.82, 2.24) is 9.80 Å². The summed E-state index contributed by atoms with van der Waals surface area (Å²) in [6.45, 7) is 3.45. The smallest absolute Gasteiger partial charge is 0.258 e. The molecule has 7 heteroatoms. The average molecular weight is 480 g/mol. The quantitative estimate of drug-likeness (QED) is 0.517. The van der Waals surface area contributed by atoms with Crippen molar-refractivity contribution in [2.45, 2.75) is 13.0 Å². The van der Waals surface area contributed by atoms with Crippen molar-refractivity contribution in [1.29, 1.82) is 0 Å². The fraction of sp³-hybridized carbons (Fsp3) is 0.259. The van der Waals surface area contributed by atoms with Crippen LogP contribution in [0.1, 0.15) is 21.5 Å². The maximum Gasteiger partial charge on any atom is 0.258 e. The fourth-order valence-electron chi connectivity index (χ4n) is 3.98. The molecule has 0 N–H and O–H groups in total. The van der Waals surface area contributed by atoms with Gasteiger partial charge in [0.2, 0.25) is 5.91 Å². The molecule has 34 heavy (non-hydrogen) atoms. The van der Waals surface area contributed by atoms with E-state index in [1.807, 2.05) is 29.2 Å². The first-order chi connectivity index (χ1) is 16.4. The number of likely N-dealkylation sites (N-methyl/N-ethyl adjacent to an activating group) is 1. The van der Waals surface area contributed by atoms with Gasteiger partial charge in [0.1, 0.15) is 5.82 Å². The van der Waals surface area contributed by atoms with E-state index < -0.39 is 0 Å². The molecule has 0 aromatic heterocycles. The van der Waals surface area contributed by atoms with E-state index in [1.165, 1.54) is 12.1 Å². The highest BCUT2D eigenvalue weighted by atomic mass is 35.5. The van der Waals surface area contributed by atoms with E-state index in [0.29, 0.717) is 28.3 Å². The minimum absolute atomic E-state index is 0.106. The Morgan fingerprint density at radius 3 is 2.24 bits per heavy atom. The second kappa shape index (κ2) is 10.8. The molecule has 1 aliphatic rings. The second-order valence-corrected chi connectivity index (χ2v) is 8.99. The van der Waals surface area contributed by atoms with Crippen molar-refractivity contribution in [3.63, 3.8) is 0 Å². The molecule has 1 heterocycles. The van der Waals surface area contributed by atoms with Crippen molar-refractivity contribution in [2.75, 3.05) is 38.1 Å². The zero-order valence-electron chi connectivity index (χ0n) is 19.1. The molecule has 176 valence electrons. The standard InChI is InChI=1S/C27H27ClFN3O2/c1-30-13-15-31(16-14-30)26(33)18-20-5-11-25(12-6-20)32(19-21-3-2-4-24(29)17-21)27(34)22-7-9-23(28)10-8-22/h2-12,17H,13-16,18-19H2,1H3. The normalized spacial score (nSPS) is 14.1. The first-order valence-corrected chi connectivity index (χ1v) is 11.6. The van der Waals surface area contributed by atoms with Crippen LogP contribution in [0.15, 0.2) is 72.8 Å². The van der Waals surface area contributed by atoms with Crippen LogP contribution in [0.4, 0.5) is 10.1 Å². The first-order valence-electron chi connectivity index (χ1n) is 11.3. The zero-order valence-corrected chi connectivity index (χ0v) is 19.8. The molecule has 0 bridgehead atoms. The number of amides is 2. The molecular formula is C27H27ClFN3O2. The maximum atomic E-state index is 13.8. The predicted octanol–water partition coefficient (Wildman–Crippen LogP) is 4.64. The van der Waals surface area contributed by atoms with Gasteiger partial charge in [-0.05, 0) is 66.7 Å². The van der Waals surface area contributed by atoms with E-state index in [-0.39, 0.29) is 24.2 Å². The van der Waals surface area contributed by atoms with E-state index in [1.54, 1.807) is 41.3 Å². The molecule has 2 amide bonds. The Bertz CT molecular complexity index is 1140. The molecule has 0 saturated carbocycles. The molecular weight excluding hydrogens is 453 g/mol. The molecule has 5 nitrogen and oxygen atoms in total. The monoisotopic (exact) mass is 479 g/mol. The maximum absolute atomic E-state index is 13.8. The van der Waals surface area contributed by atoms with Gasteiger partial charge in [-0.15, -0.1) is 0 Å². The van der Waals surface area contributed by atoms with Crippen molar-refractivity contribution in [3.8, 4) is 0 Å². The van der Waals surface area contributed by atoms with Crippen LogP contribution in [0, 0.1) is 5.82 Å². The van der Waals surface area contributed by atoms with Gasteiger partial charge in [0.05, 0.1) is 13.0 Å². The summed E-state index contributed by atoms with van der Waals surface area (Å²) in [5.41, 5.74) is 2.71. The molecule has 4 rings (SSSR count). The summed E-state index contributed by atoms with van der Waals surface area (Å²) in [4.78, 5) is 31.8. The Balaban J connectivity index is 1.53.